The monoisotopic (exact) mass is 617 g/mol. The van der Waals surface area contributed by atoms with Gasteiger partial charge in [-0.2, -0.15) is 5.10 Å². The number of methoxy groups -OCH3 is 1. The third kappa shape index (κ3) is 4.51. The number of pyridine rings is 1. The number of carbonyl (C=O) groups is 1. The van der Waals surface area contributed by atoms with E-state index in [2.05, 4.69) is 5.10 Å². The van der Waals surface area contributed by atoms with Crippen LogP contribution < -0.4 is 10.4 Å². The van der Waals surface area contributed by atoms with Crippen LogP contribution in [0.3, 0.4) is 0 Å². The van der Waals surface area contributed by atoms with Crippen molar-refractivity contribution in [1.29, 1.82) is 0 Å². The van der Waals surface area contributed by atoms with Crippen molar-refractivity contribution in [2.75, 3.05) is 7.11 Å². The molecule has 11 nitrogen and oxygen atoms in total. The second kappa shape index (κ2) is 10.0. The van der Waals surface area contributed by atoms with E-state index in [1.807, 2.05) is 20.8 Å². The van der Waals surface area contributed by atoms with Gasteiger partial charge in [-0.3, -0.25) is 14.0 Å². The standard InChI is InChI=1S/C32H33F2N7O4/c1-17-13-20(14-18(2)27(17)33)41-29(26-21(35-41)15-19-7-8-22(26)40(19)31(43)45-32(3,4)5)38-12-11-37(30(38)42)23-9-10-39-24(28(23)34)16-25(36-39)44-6/h9-14,16,19,22H,7-8,15H2,1-6H3/t19-,22+/m1/s1. The molecule has 2 aliphatic rings. The molecule has 0 spiro atoms. The minimum absolute atomic E-state index is 0.0264. The number of amides is 1. The summed E-state index contributed by atoms with van der Waals surface area (Å²) in [6.07, 6.45) is 6.04. The average Bonchev–Trinajstić information content (AvgIpc) is 3.74. The van der Waals surface area contributed by atoms with E-state index in [1.54, 1.807) is 48.0 Å². The van der Waals surface area contributed by atoms with E-state index in [4.69, 9.17) is 14.6 Å². The van der Waals surface area contributed by atoms with Crippen LogP contribution in [-0.2, 0) is 11.2 Å². The number of aromatic nitrogens is 6. The molecule has 45 heavy (non-hydrogen) atoms. The molecule has 0 saturated carbocycles. The van der Waals surface area contributed by atoms with E-state index >= 15 is 4.39 Å². The fourth-order valence-electron chi connectivity index (χ4n) is 6.60. The molecule has 1 saturated heterocycles. The van der Waals surface area contributed by atoms with Crippen LogP contribution in [0, 0.1) is 25.5 Å². The zero-order valence-corrected chi connectivity index (χ0v) is 25.8. The summed E-state index contributed by atoms with van der Waals surface area (Å²) < 4.78 is 47.0. The van der Waals surface area contributed by atoms with Gasteiger partial charge in [-0.15, -0.1) is 5.10 Å². The Morgan fingerprint density at radius 1 is 0.978 bits per heavy atom. The Bertz CT molecular complexity index is 2040. The van der Waals surface area contributed by atoms with Crippen LogP contribution in [-0.4, -0.2) is 58.3 Å². The van der Waals surface area contributed by atoms with Gasteiger partial charge in [-0.05, 0) is 76.8 Å². The lowest BCUT2D eigenvalue weighted by Gasteiger charge is -2.35. The molecule has 1 amide bonds. The highest BCUT2D eigenvalue weighted by Crippen LogP contribution is 2.47. The molecule has 0 radical (unpaired) electrons. The lowest BCUT2D eigenvalue weighted by atomic mass is 9.99. The van der Waals surface area contributed by atoms with Crippen molar-refractivity contribution < 1.29 is 23.0 Å². The van der Waals surface area contributed by atoms with E-state index in [-0.39, 0.29) is 28.9 Å². The molecular formula is C32H33F2N7O4. The number of hydrogen-bond donors (Lipinski definition) is 0. The molecule has 2 aliphatic heterocycles. The summed E-state index contributed by atoms with van der Waals surface area (Å²) in [5.41, 5.74) is 1.82. The number of ether oxygens (including phenoxy) is 2. The largest absolute Gasteiger partial charge is 0.480 e. The topological polar surface area (TPSA) is 101 Å². The second-order valence-electron chi connectivity index (χ2n) is 12.7. The molecule has 1 fully saturated rings. The highest BCUT2D eigenvalue weighted by Gasteiger charge is 2.48. The molecule has 2 atom stereocenters. The van der Waals surface area contributed by atoms with E-state index < -0.39 is 29.2 Å². The van der Waals surface area contributed by atoms with Gasteiger partial charge in [-0.1, -0.05) is 0 Å². The maximum atomic E-state index is 15.8. The van der Waals surface area contributed by atoms with Gasteiger partial charge in [0.1, 0.15) is 22.8 Å². The molecular weight excluding hydrogens is 584 g/mol. The molecule has 234 valence electrons. The second-order valence-corrected chi connectivity index (χ2v) is 12.7. The van der Waals surface area contributed by atoms with Crippen molar-refractivity contribution in [1.82, 2.24) is 33.4 Å². The highest BCUT2D eigenvalue weighted by atomic mass is 19.1. The lowest BCUT2D eigenvalue weighted by molar-refractivity contribution is 0.0124. The van der Waals surface area contributed by atoms with Crippen molar-refractivity contribution in [2.24, 2.45) is 0 Å². The van der Waals surface area contributed by atoms with E-state index in [9.17, 15) is 14.0 Å². The first-order valence-electron chi connectivity index (χ1n) is 14.8. The molecule has 0 aliphatic carbocycles. The molecule has 6 heterocycles. The summed E-state index contributed by atoms with van der Waals surface area (Å²) >= 11 is 0. The third-order valence-electron chi connectivity index (χ3n) is 8.52. The Hall–Kier alpha value is -4.94. The van der Waals surface area contributed by atoms with E-state index in [1.165, 1.54) is 39.1 Å². The third-order valence-corrected chi connectivity index (χ3v) is 8.52. The summed E-state index contributed by atoms with van der Waals surface area (Å²) in [5, 5.41) is 9.11. The SMILES string of the molecule is COc1cc2c(F)c(-n3ccn(-c4c5c(nn4-c4cc(C)c(F)c(C)c4)C[C@H]4CC[C@@H]5N4C(=O)OC(C)(C)C)c3=O)ccn2n1. The summed E-state index contributed by atoms with van der Waals surface area (Å²) in [5.74, 6) is -0.326. The predicted molar refractivity (Wildman–Crippen MR) is 161 cm³/mol. The maximum absolute atomic E-state index is 15.8. The van der Waals surface area contributed by atoms with Gasteiger partial charge in [0.15, 0.2) is 5.82 Å². The molecule has 0 unspecified atom stereocenters. The minimum Gasteiger partial charge on any atom is -0.480 e. The number of hydrogen-bond acceptors (Lipinski definition) is 6. The van der Waals surface area contributed by atoms with Crippen LogP contribution in [0.1, 0.15) is 62.0 Å². The van der Waals surface area contributed by atoms with E-state index in [0.29, 0.717) is 41.0 Å². The molecule has 0 N–H and O–H groups in total. The first kappa shape index (κ1) is 28.8. The Morgan fingerprint density at radius 2 is 1.69 bits per heavy atom. The number of carbonyl (C=O) groups excluding carboxylic acids is 1. The first-order chi connectivity index (χ1) is 21.4. The van der Waals surface area contributed by atoms with Crippen LogP contribution in [0.5, 0.6) is 5.88 Å². The van der Waals surface area contributed by atoms with Crippen molar-refractivity contribution in [3.8, 4) is 23.1 Å². The number of benzene rings is 1. The van der Waals surface area contributed by atoms with E-state index in [0.717, 1.165) is 12.1 Å². The normalized spacial score (nSPS) is 17.6. The van der Waals surface area contributed by atoms with Gasteiger partial charge in [0.2, 0.25) is 5.88 Å². The number of nitrogens with zero attached hydrogens (tertiary/aromatic N) is 7. The van der Waals surface area contributed by atoms with Crippen LogP contribution in [0.2, 0.25) is 0 Å². The van der Waals surface area contributed by atoms with Gasteiger partial charge >= 0.3 is 11.8 Å². The van der Waals surface area contributed by atoms with Crippen LogP contribution in [0.4, 0.5) is 13.6 Å². The average molecular weight is 618 g/mol. The zero-order chi connectivity index (χ0) is 31.9. The van der Waals surface area contributed by atoms with Crippen molar-refractivity contribution in [2.45, 2.75) is 71.6 Å². The highest BCUT2D eigenvalue weighted by molar-refractivity contribution is 5.71. The maximum Gasteiger partial charge on any atom is 0.411 e. The summed E-state index contributed by atoms with van der Waals surface area (Å²) in [4.78, 5) is 29.4. The summed E-state index contributed by atoms with van der Waals surface area (Å²) in [7, 11) is 1.44. The molecule has 4 aromatic heterocycles. The lowest BCUT2D eigenvalue weighted by Crippen LogP contribution is -2.44. The molecule has 7 rings (SSSR count). The Labute approximate surface area is 257 Å². The number of rotatable bonds is 4. The van der Waals surface area contributed by atoms with Gasteiger partial charge in [0.05, 0.1) is 30.2 Å². The molecule has 5 aromatic rings. The van der Waals surface area contributed by atoms with Crippen LogP contribution >= 0.6 is 0 Å². The fraction of sp³-hybridized carbons (Fsp3) is 0.375. The van der Waals surface area contributed by atoms with Crippen molar-refractivity contribution >= 4 is 11.6 Å². The molecule has 2 bridgehead atoms. The summed E-state index contributed by atoms with van der Waals surface area (Å²) in [6.45, 7) is 8.82. The van der Waals surface area contributed by atoms with Gasteiger partial charge in [0.25, 0.3) is 0 Å². The Kier molecular flexibility index (Phi) is 6.43. The van der Waals surface area contributed by atoms with Crippen LogP contribution in [0.25, 0.3) is 22.7 Å². The van der Waals surface area contributed by atoms with Gasteiger partial charge < -0.3 is 9.47 Å². The number of fused-ring (bicyclic) bond motifs is 5. The predicted octanol–water partition coefficient (Wildman–Crippen LogP) is 5.36. The number of halogens is 2. The molecule has 1 aromatic carbocycles. The Balaban J connectivity index is 1.43. The van der Waals surface area contributed by atoms with Crippen molar-refractivity contribution in [3.05, 3.63) is 87.4 Å². The minimum atomic E-state index is -0.689. The smallest absolute Gasteiger partial charge is 0.411 e. The fourth-order valence-corrected chi connectivity index (χ4v) is 6.60. The molecule has 13 heteroatoms. The van der Waals surface area contributed by atoms with Crippen LogP contribution in [0.15, 0.2) is 47.7 Å². The van der Waals surface area contributed by atoms with Gasteiger partial charge in [0, 0.05) is 42.7 Å². The number of aryl methyl sites for hydroxylation is 2. The first-order valence-corrected chi connectivity index (χ1v) is 14.8. The zero-order valence-electron chi connectivity index (χ0n) is 25.8. The number of imidazole rings is 1. The quantitative estimate of drug-likeness (QED) is 0.269. The summed E-state index contributed by atoms with van der Waals surface area (Å²) in [6, 6.07) is 5.76. The van der Waals surface area contributed by atoms with Gasteiger partial charge in [-0.25, -0.2) is 27.6 Å². The van der Waals surface area contributed by atoms with Crippen molar-refractivity contribution in [3.63, 3.8) is 0 Å². The Morgan fingerprint density at radius 3 is 2.38 bits per heavy atom.